The molecule has 140 valence electrons. The largest absolute Gasteiger partial charge is 0.423 e. The van der Waals surface area contributed by atoms with E-state index in [1.54, 1.807) is 18.6 Å². The monoisotopic (exact) mass is 373 g/mol. The van der Waals surface area contributed by atoms with Crippen LogP contribution in [0.25, 0.3) is 11.0 Å². The first kappa shape index (κ1) is 17.7. The Hall–Kier alpha value is -3.67. The standard InChI is InChI=1S/C22H19N3O3/c1-15-5-6-19-17(12-22(27)28-20(19)9-15)11-21(26)24-18-4-2-3-16(10-18)13-25-8-7-23-14-25/h2-10,12,14H,11,13H2,1H3,(H,24,26). The number of amides is 1. The molecule has 2 heterocycles. The quantitative estimate of drug-likeness (QED) is 0.543. The van der Waals surface area contributed by atoms with Gasteiger partial charge in [-0.1, -0.05) is 24.3 Å². The summed E-state index contributed by atoms with van der Waals surface area (Å²) in [6, 6.07) is 14.7. The van der Waals surface area contributed by atoms with Gasteiger partial charge in [-0.2, -0.15) is 0 Å². The normalized spacial score (nSPS) is 10.9. The van der Waals surface area contributed by atoms with Crippen molar-refractivity contribution in [1.82, 2.24) is 9.55 Å². The van der Waals surface area contributed by atoms with Crippen LogP contribution in [-0.4, -0.2) is 15.5 Å². The summed E-state index contributed by atoms with van der Waals surface area (Å²) in [5, 5.41) is 3.68. The minimum Gasteiger partial charge on any atom is -0.423 e. The summed E-state index contributed by atoms with van der Waals surface area (Å²) in [6.45, 7) is 2.60. The first-order valence-electron chi connectivity index (χ1n) is 8.95. The average Bonchev–Trinajstić information content (AvgIpc) is 3.14. The predicted molar refractivity (Wildman–Crippen MR) is 107 cm³/mol. The summed E-state index contributed by atoms with van der Waals surface area (Å²) in [6.07, 6.45) is 5.46. The Balaban J connectivity index is 1.52. The Morgan fingerprint density at radius 3 is 2.89 bits per heavy atom. The number of imidazole rings is 1. The van der Waals surface area contributed by atoms with E-state index in [1.807, 2.05) is 54.1 Å². The van der Waals surface area contributed by atoms with Crippen molar-refractivity contribution in [1.29, 1.82) is 0 Å². The third kappa shape index (κ3) is 4.01. The molecule has 1 amide bonds. The summed E-state index contributed by atoms with van der Waals surface area (Å²) in [5.41, 5.74) is 3.45. The molecule has 0 fully saturated rings. The lowest BCUT2D eigenvalue weighted by Crippen LogP contribution is -2.16. The lowest BCUT2D eigenvalue weighted by atomic mass is 10.1. The highest BCUT2D eigenvalue weighted by Gasteiger charge is 2.11. The zero-order valence-corrected chi connectivity index (χ0v) is 15.4. The van der Waals surface area contributed by atoms with E-state index in [0.29, 0.717) is 23.4 Å². The summed E-state index contributed by atoms with van der Waals surface area (Å²) in [7, 11) is 0. The predicted octanol–water partition coefficient (Wildman–Crippen LogP) is 3.53. The Morgan fingerprint density at radius 1 is 1.18 bits per heavy atom. The van der Waals surface area contributed by atoms with Gasteiger partial charge >= 0.3 is 5.63 Å². The number of carbonyl (C=O) groups is 1. The van der Waals surface area contributed by atoms with Gasteiger partial charge in [0.2, 0.25) is 5.91 Å². The number of fused-ring (bicyclic) bond motifs is 1. The van der Waals surface area contributed by atoms with Crippen molar-refractivity contribution in [2.24, 2.45) is 0 Å². The van der Waals surface area contributed by atoms with Crippen molar-refractivity contribution in [3.05, 3.63) is 94.4 Å². The van der Waals surface area contributed by atoms with Gasteiger partial charge in [-0.05, 0) is 41.8 Å². The molecule has 0 atom stereocenters. The molecule has 0 aliphatic rings. The summed E-state index contributed by atoms with van der Waals surface area (Å²) >= 11 is 0. The number of nitrogens with one attached hydrogen (secondary N) is 1. The van der Waals surface area contributed by atoms with E-state index in [4.69, 9.17) is 4.42 Å². The Morgan fingerprint density at radius 2 is 2.07 bits per heavy atom. The fourth-order valence-electron chi connectivity index (χ4n) is 3.20. The molecule has 4 aromatic rings. The molecule has 0 unspecified atom stereocenters. The van der Waals surface area contributed by atoms with E-state index >= 15 is 0 Å². The topological polar surface area (TPSA) is 77.1 Å². The number of benzene rings is 2. The van der Waals surface area contributed by atoms with Crippen LogP contribution >= 0.6 is 0 Å². The summed E-state index contributed by atoms with van der Waals surface area (Å²) in [5.74, 6) is -0.188. The highest BCUT2D eigenvalue weighted by Crippen LogP contribution is 2.20. The molecular formula is C22H19N3O3. The third-order valence-electron chi connectivity index (χ3n) is 4.47. The van der Waals surface area contributed by atoms with Gasteiger partial charge in [0.1, 0.15) is 5.58 Å². The number of rotatable bonds is 5. The van der Waals surface area contributed by atoms with Crippen LogP contribution in [0, 0.1) is 6.92 Å². The van der Waals surface area contributed by atoms with E-state index in [9.17, 15) is 9.59 Å². The number of hydrogen-bond acceptors (Lipinski definition) is 4. The minimum absolute atomic E-state index is 0.0942. The number of hydrogen-bond donors (Lipinski definition) is 1. The highest BCUT2D eigenvalue weighted by atomic mass is 16.4. The van der Waals surface area contributed by atoms with Crippen LogP contribution in [-0.2, 0) is 17.8 Å². The second kappa shape index (κ2) is 7.52. The Labute approximate surface area is 161 Å². The third-order valence-corrected chi connectivity index (χ3v) is 4.47. The maximum absolute atomic E-state index is 12.6. The number of aryl methyl sites for hydroxylation is 1. The van der Waals surface area contributed by atoms with E-state index in [1.165, 1.54) is 6.07 Å². The van der Waals surface area contributed by atoms with Crippen LogP contribution in [0.4, 0.5) is 5.69 Å². The zero-order valence-electron chi connectivity index (χ0n) is 15.4. The molecule has 2 aromatic heterocycles. The van der Waals surface area contributed by atoms with Crippen molar-refractivity contribution in [2.75, 3.05) is 5.32 Å². The van der Waals surface area contributed by atoms with Crippen molar-refractivity contribution in [3.63, 3.8) is 0 Å². The van der Waals surface area contributed by atoms with Crippen molar-refractivity contribution in [2.45, 2.75) is 19.9 Å². The van der Waals surface area contributed by atoms with Crippen LogP contribution < -0.4 is 10.9 Å². The van der Waals surface area contributed by atoms with Gasteiger partial charge in [0.05, 0.1) is 12.7 Å². The molecule has 4 rings (SSSR count). The maximum atomic E-state index is 12.6. The number of carbonyl (C=O) groups excluding carboxylic acids is 1. The average molecular weight is 373 g/mol. The number of aromatic nitrogens is 2. The molecule has 28 heavy (non-hydrogen) atoms. The van der Waals surface area contributed by atoms with E-state index in [0.717, 1.165) is 16.5 Å². The highest BCUT2D eigenvalue weighted by molar-refractivity contribution is 5.95. The molecule has 0 saturated carbocycles. The number of nitrogens with zero attached hydrogens (tertiary/aromatic N) is 2. The molecular weight excluding hydrogens is 354 g/mol. The zero-order chi connectivity index (χ0) is 19.5. The molecule has 0 radical (unpaired) electrons. The second-order valence-electron chi connectivity index (χ2n) is 6.75. The van der Waals surface area contributed by atoms with Crippen LogP contribution in [0.15, 0.2) is 76.5 Å². The van der Waals surface area contributed by atoms with Gasteiger partial charge in [-0.25, -0.2) is 9.78 Å². The molecule has 1 N–H and O–H groups in total. The first-order chi connectivity index (χ1) is 13.6. The molecule has 6 nitrogen and oxygen atoms in total. The van der Waals surface area contributed by atoms with Crippen LogP contribution in [0.5, 0.6) is 0 Å². The molecule has 0 spiro atoms. The van der Waals surface area contributed by atoms with E-state index < -0.39 is 5.63 Å². The fourth-order valence-corrected chi connectivity index (χ4v) is 3.20. The van der Waals surface area contributed by atoms with Crippen molar-refractivity contribution < 1.29 is 9.21 Å². The summed E-state index contributed by atoms with van der Waals surface area (Å²) < 4.78 is 7.21. The smallest absolute Gasteiger partial charge is 0.336 e. The van der Waals surface area contributed by atoms with Crippen LogP contribution in [0.2, 0.25) is 0 Å². The molecule has 6 heteroatoms. The molecule has 0 aliphatic carbocycles. The van der Waals surface area contributed by atoms with Gasteiger partial charge < -0.3 is 14.3 Å². The SMILES string of the molecule is Cc1ccc2c(CC(=O)Nc3cccc(Cn4ccnc4)c3)cc(=O)oc2c1. The van der Waals surface area contributed by atoms with Gasteiger partial charge in [-0.3, -0.25) is 4.79 Å². The van der Waals surface area contributed by atoms with Gasteiger partial charge in [-0.15, -0.1) is 0 Å². The van der Waals surface area contributed by atoms with E-state index in [-0.39, 0.29) is 12.3 Å². The molecule has 0 bridgehead atoms. The van der Waals surface area contributed by atoms with Gasteiger partial charge in [0.15, 0.2) is 0 Å². The van der Waals surface area contributed by atoms with Crippen LogP contribution in [0.1, 0.15) is 16.7 Å². The van der Waals surface area contributed by atoms with Crippen molar-refractivity contribution >= 4 is 22.6 Å². The van der Waals surface area contributed by atoms with E-state index in [2.05, 4.69) is 10.3 Å². The number of anilines is 1. The van der Waals surface area contributed by atoms with Crippen molar-refractivity contribution in [3.8, 4) is 0 Å². The maximum Gasteiger partial charge on any atom is 0.336 e. The fraction of sp³-hybridized carbons (Fsp3) is 0.136. The molecule has 0 aliphatic heterocycles. The lowest BCUT2D eigenvalue weighted by Gasteiger charge is -2.09. The second-order valence-corrected chi connectivity index (χ2v) is 6.75. The van der Waals surface area contributed by atoms with Crippen LogP contribution in [0.3, 0.4) is 0 Å². The minimum atomic E-state index is -0.455. The first-order valence-corrected chi connectivity index (χ1v) is 8.95. The van der Waals surface area contributed by atoms with Gasteiger partial charge in [0, 0.05) is 36.1 Å². The molecule has 2 aromatic carbocycles. The Bertz CT molecular complexity index is 1190. The lowest BCUT2D eigenvalue weighted by molar-refractivity contribution is -0.115. The Kier molecular flexibility index (Phi) is 4.76. The molecule has 0 saturated heterocycles. The van der Waals surface area contributed by atoms with Gasteiger partial charge in [0.25, 0.3) is 0 Å². The summed E-state index contributed by atoms with van der Waals surface area (Å²) in [4.78, 5) is 28.5.